The summed E-state index contributed by atoms with van der Waals surface area (Å²) in [4.78, 5) is 11.7. The highest BCUT2D eigenvalue weighted by atomic mass is 32.2. The van der Waals surface area contributed by atoms with E-state index < -0.39 is 20.7 Å². The predicted molar refractivity (Wildman–Crippen MR) is 112 cm³/mol. The molecular weight excluding hydrogens is 427 g/mol. The lowest BCUT2D eigenvalue weighted by molar-refractivity contribution is -0.116. The number of benzene rings is 2. The van der Waals surface area contributed by atoms with Crippen LogP contribution in [0.3, 0.4) is 0 Å². The fraction of sp³-hybridized carbons (Fsp3) is 0.381. The van der Waals surface area contributed by atoms with Crippen LogP contribution in [0.15, 0.2) is 47.4 Å². The molecular formula is C21H25FN2O6S. The van der Waals surface area contributed by atoms with E-state index in [0.29, 0.717) is 12.4 Å². The van der Waals surface area contributed by atoms with Crippen LogP contribution in [0.1, 0.15) is 13.3 Å². The molecule has 0 saturated carbocycles. The van der Waals surface area contributed by atoms with Gasteiger partial charge in [0.1, 0.15) is 22.2 Å². The third-order valence-electron chi connectivity index (χ3n) is 4.54. The Bertz CT molecular complexity index is 991. The van der Waals surface area contributed by atoms with E-state index in [1.165, 1.54) is 10.4 Å². The summed E-state index contributed by atoms with van der Waals surface area (Å²) in [5.74, 6) is 0.0688. The van der Waals surface area contributed by atoms with E-state index in [1.54, 1.807) is 24.3 Å². The van der Waals surface area contributed by atoms with Crippen molar-refractivity contribution in [3.8, 4) is 11.5 Å². The Hall–Kier alpha value is -2.69. The van der Waals surface area contributed by atoms with Gasteiger partial charge in [-0.15, -0.1) is 0 Å². The molecule has 0 spiro atoms. The van der Waals surface area contributed by atoms with Gasteiger partial charge >= 0.3 is 0 Å². The zero-order chi connectivity index (χ0) is 22.3. The van der Waals surface area contributed by atoms with Crippen molar-refractivity contribution in [1.82, 2.24) is 4.31 Å². The largest absolute Gasteiger partial charge is 0.494 e. The summed E-state index contributed by atoms with van der Waals surface area (Å²) in [5, 5.41) is 2.58. The maximum atomic E-state index is 14.2. The van der Waals surface area contributed by atoms with Gasteiger partial charge in [0.25, 0.3) is 0 Å². The molecule has 31 heavy (non-hydrogen) atoms. The molecule has 2 aromatic rings. The van der Waals surface area contributed by atoms with Crippen molar-refractivity contribution in [2.75, 3.05) is 44.8 Å². The molecule has 0 aromatic heterocycles. The van der Waals surface area contributed by atoms with E-state index in [0.717, 1.165) is 17.9 Å². The van der Waals surface area contributed by atoms with E-state index in [9.17, 15) is 17.6 Å². The summed E-state index contributed by atoms with van der Waals surface area (Å²) in [6.07, 6.45) is 0.0378. The van der Waals surface area contributed by atoms with Crippen LogP contribution in [0.25, 0.3) is 0 Å². The third-order valence-corrected chi connectivity index (χ3v) is 6.45. The number of ether oxygens (including phenoxy) is 3. The number of carbonyl (C=O) groups is 1. The lowest BCUT2D eigenvalue weighted by atomic mass is 10.3. The SMILES string of the molecule is CCOc1ccc(OCCC(=O)Nc2ccc(F)c(S(=O)(=O)N3CCOCC3)c2)cc1. The first-order valence-corrected chi connectivity index (χ1v) is 11.4. The zero-order valence-corrected chi connectivity index (χ0v) is 18.0. The smallest absolute Gasteiger partial charge is 0.246 e. The van der Waals surface area contributed by atoms with Crippen molar-refractivity contribution in [3.05, 3.63) is 48.3 Å². The molecule has 3 rings (SSSR count). The second-order valence-corrected chi connectivity index (χ2v) is 8.62. The molecule has 0 radical (unpaired) electrons. The molecule has 0 unspecified atom stereocenters. The van der Waals surface area contributed by atoms with Crippen LogP contribution in [0.5, 0.6) is 11.5 Å². The van der Waals surface area contributed by atoms with Crippen LogP contribution in [-0.2, 0) is 19.6 Å². The number of amides is 1. The van der Waals surface area contributed by atoms with Crippen molar-refractivity contribution in [2.45, 2.75) is 18.2 Å². The van der Waals surface area contributed by atoms with Gasteiger partial charge in [0.15, 0.2) is 0 Å². The van der Waals surface area contributed by atoms with Crippen LogP contribution >= 0.6 is 0 Å². The molecule has 1 fully saturated rings. The number of rotatable bonds is 9. The number of nitrogens with zero attached hydrogens (tertiary/aromatic N) is 1. The summed E-state index contributed by atoms with van der Waals surface area (Å²) in [7, 11) is -4.02. The highest BCUT2D eigenvalue weighted by molar-refractivity contribution is 7.89. The monoisotopic (exact) mass is 452 g/mol. The molecule has 0 atom stereocenters. The summed E-state index contributed by atoms with van der Waals surface area (Å²) in [6, 6.07) is 10.5. The molecule has 0 bridgehead atoms. The molecule has 1 aliphatic rings. The van der Waals surface area contributed by atoms with Crippen LogP contribution in [0, 0.1) is 5.82 Å². The van der Waals surface area contributed by atoms with E-state index in [4.69, 9.17) is 14.2 Å². The first-order chi connectivity index (χ1) is 14.9. The van der Waals surface area contributed by atoms with Gasteiger partial charge in [0, 0.05) is 18.8 Å². The highest BCUT2D eigenvalue weighted by Crippen LogP contribution is 2.24. The first-order valence-electron chi connectivity index (χ1n) is 9.93. The summed E-state index contributed by atoms with van der Waals surface area (Å²) in [6.45, 7) is 3.41. The molecule has 10 heteroatoms. The normalized spacial score (nSPS) is 14.8. The highest BCUT2D eigenvalue weighted by Gasteiger charge is 2.29. The van der Waals surface area contributed by atoms with Gasteiger partial charge in [-0.3, -0.25) is 4.79 Å². The van der Waals surface area contributed by atoms with E-state index >= 15 is 0 Å². The van der Waals surface area contributed by atoms with Crippen molar-refractivity contribution in [1.29, 1.82) is 0 Å². The van der Waals surface area contributed by atoms with Gasteiger partial charge in [0.05, 0.1) is 32.8 Å². The van der Waals surface area contributed by atoms with Crippen LogP contribution in [0.2, 0.25) is 0 Å². The van der Waals surface area contributed by atoms with Gasteiger partial charge in [0.2, 0.25) is 15.9 Å². The maximum absolute atomic E-state index is 14.2. The molecule has 1 saturated heterocycles. The van der Waals surface area contributed by atoms with Crippen LogP contribution in [-0.4, -0.2) is 58.1 Å². The van der Waals surface area contributed by atoms with Crippen LogP contribution in [0.4, 0.5) is 10.1 Å². The summed E-state index contributed by atoms with van der Waals surface area (Å²) in [5.41, 5.74) is 0.194. The molecule has 1 N–H and O–H groups in total. The molecule has 1 aliphatic heterocycles. The molecule has 1 heterocycles. The third kappa shape index (κ3) is 6.16. The number of nitrogens with one attached hydrogen (secondary N) is 1. The minimum Gasteiger partial charge on any atom is -0.494 e. The number of anilines is 1. The van der Waals surface area contributed by atoms with E-state index in [2.05, 4.69) is 5.32 Å². The van der Waals surface area contributed by atoms with Crippen molar-refractivity contribution < 1.29 is 31.8 Å². The van der Waals surface area contributed by atoms with Gasteiger partial charge in [-0.25, -0.2) is 12.8 Å². The number of halogens is 1. The average Bonchev–Trinajstić information content (AvgIpc) is 2.77. The van der Waals surface area contributed by atoms with E-state index in [-0.39, 0.29) is 50.9 Å². The van der Waals surface area contributed by atoms with E-state index in [1.807, 2.05) is 6.92 Å². The van der Waals surface area contributed by atoms with Crippen LogP contribution < -0.4 is 14.8 Å². The van der Waals surface area contributed by atoms with Crippen molar-refractivity contribution in [2.24, 2.45) is 0 Å². The van der Waals surface area contributed by atoms with Gasteiger partial charge < -0.3 is 19.5 Å². The summed E-state index contributed by atoms with van der Waals surface area (Å²) < 4.78 is 56.9. The molecule has 1 amide bonds. The number of carbonyl (C=O) groups excluding carboxylic acids is 1. The molecule has 2 aromatic carbocycles. The second-order valence-electron chi connectivity index (χ2n) is 6.71. The lowest BCUT2D eigenvalue weighted by Gasteiger charge is -2.26. The minimum absolute atomic E-state index is 0.0378. The molecule has 0 aliphatic carbocycles. The zero-order valence-electron chi connectivity index (χ0n) is 17.2. The average molecular weight is 453 g/mol. The Morgan fingerprint density at radius 3 is 2.39 bits per heavy atom. The molecule has 8 nitrogen and oxygen atoms in total. The quantitative estimate of drug-likeness (QED) is 0.629. The fourth-order valence-electron chi connectivity index (χ4n) is 2.99. The first kappa shape index (κ1) is 23.0. The second kappa shape index (κ2) is 10.6. The number of morpholine rings is 1. The summed E-state index contributed by atoms with van der Waals surface area (Å²) >= 11 is 0. The van der Waals surface area contributed by atoms with Gasteiger partial charge in [-0.2, -0.15) is 4.31 Å². The standard InChI is InChI=1S/C21H25FN2O6S/c1-2-29-17-4-6-18(7-5-17)30-12-9-21(25)23-16-3-8-19(22)20(15-16)31(26,27)24-10-13-28-14-11-24/h3-8,15H,2,9-14H2,1H3,(H,23,25). The van der Waals surface area contributed by atoms with Gasteiger partial charge in [-0.1, -0.05) is 0 Å². The number of sulfonamides is 1. The Morgan fingerprint density at radius 1 is 1.10 bits per heavy atom. The topological polar surface area (TPSA) is 94.2 Å². The Kier molecular flexibility index (Phi) is 7.83. The number of hydrogen-bond donors (Lipinski definition) is 1. The van der Waals surface area contributed by atoms with Gasteiger partial charge in [-0.05, 0) is 49.4 Å². The molecule has 168 valence electrons. The Balaban J connectivity index is 1.57. The maximum Gasteiger partial charge on any atom is 0.246 e. The minimum atomic E-state index is -4.02. The number of hydrogen-bond acceptors (Lipinski definition) is 6. The van der Waals surface area contributed by atoms with Crippen molar-refractivity contribution in [3.63, 3.8) is 0 Å². The predicted octanol–water partition coefficient (Wildman–Crippen LogP) is 2.65. The Morgan fingerprint density at radius 2 is 1.74 bits per heavy atom. The fourth-order valence-corrected chi connectivity index (χ4v) is 4.49. The van der Waals surface area contributed by atoms with Crippen molar-refractivity contribution >= 4 is 21.6 Å². The lowest BCUT2D eigenvalue weighted by Crippen LogP contribution is -2.40. The Labute approximate surface area is 181 Å².